The maximum Gasteiger partial charge on any atom is 0.122 e. The minimum absolute atomic E-state index is 0.540. The molecule has 0 aromatic rings. The molecule has 0 aliphatic rings. The van der Waals surface area contributed by atoms with E-state index >= 15 is 0 Å². The summed E-state index contributed by atoms with van der Waals surface area (Å²) in [6.45, 7) is 22.8. The highest BCUT2D eigenvalue weighted by molar-refractivity contribution is 5.58. The fraction of sp³-hybridized carbons (Fsp3) is 0.389. The van der Waals surface area contributed by atoms with E-state index in [2.05, 4.69) is 31.3 Å². The summed E-state index contributed by atoms with van der Waals surface area (Å²) < 4.78 is 4.97. The van der Waals surface area contributed by atoms with Gasteiger partial charge in [0.05, 0.1) is 12.8 Å². The zero-order chi connectivity index (χ0) is 16.5. The second-order valence-electron chi connectivity index (χ2n) is 2.86. The van der Waals surface area contributed by atoms with Crippen molar-refractivity contribution in [1.29, 1.82) is 0 Å². The number of allylic oxidation sites excluding steroid dienone is 4. The second-order valence-corrected chi connectivity index (χ2v) is 2.86. The summed E-state index contributed by atoms with van der Waals surface area (Å²) in [5.41, 5.74) is 0. The van der Waals surface area contributed by atoms with Crippen LogP contribution in [0.25, 0.3) is 0 Å². The summed E-state index contributed by atoms with van der Waals surface area (Å²) in [5.74, 6) is 0. The molecule has 0 aliphatic heterocycles. The Kier molecular flexibility index (Phi) is 57.9. The van der Waals surface area contributed by atoms with Gasteiger partial charge in [-0.05, 0) is 20.3 Å². The molecule has 0 fully saturated rings. The molecule has 0 rings (SSSR count). The van der Waals surface area contributed by atoms with Crippen LogP contribution in [0.5, 0.6) is 0 Å². The highest BCUT2D eigenvalue weighted by atomic mass is 16.5. The number of nitrogens with zero attached hydrogens (tertiary/aromatic N) is 1. The van der Waals surface area contributed by atoms with Gasteiger partial charge < -0.3 is 4.74 Å². The average molecular weight is 279 g/mol. The van der Waals surface area contributed by atoms with Crippen LogP contribution in [0.1, 0.15) is 34.1 Å². The van der Waals surface area contributed by atoms with Crippen molar-refractivity contribution in [2.45, 2.75) is 34.1 Å². The minimum atomic E-state index is 0.540. The molecule has 0 aliphatic carbocycles. The summed E-state index contributed by atoms with van der Waals surface area (Å²) >= 11 is 0. The van der Waals surface area contributed by atoms with Crippen LogP contribution in [0.15, 0.2) is 68.0 Å². The standard InChI is InChI=1S/C8H13NO.C5H8.C3H6.C2H6/c1-3-5-9-6-8-10-7-4-2;1-3-5-4-2;1-3-2;1-2/h3-4,6-7H,1,5,8H2,2H3;3-4H,1-2,5H2;3H,1H2,2H3;1-2H3/b7-4+,9-6?;;;. The van der Waals surface area contributed by atoms with Gasteiger partial charge in [0.15, 0.2) is 0 Å². The normalized spacial score (nSPS) is 8.00. The molecule has 0 N–H and O–H groups in total. The Morgan fingerprint density at radius 2 is 1.45 bits per heavy atom. The molecule has 0 bridgehead atoms. The van der Waals surface area contributed by atoms with Gasteiger partial charge in [0.2, 0.25) is 0 Å². The number of hydrogen-bond acceptors (Lipinski definition) is 2. The molecule has 0 heterocycles. The quantitative estimate of drug-likeness (QED) is 0.251. The van der Waals surface area contributed by atoms with Crippen molar-refractivity contribution in [3.8, 4) is 0 Å². The number of hydrogen-bond donors (Lipinski definition) is 0. The van der Waals surface area contributed by atoms with E-state index in [1.54, 1.807) is 24.6 Å². The highest BCUT2D eigenvalue weighted by Crippen LogP contribution is 1.75. The Bertz CT molecular complexity index is 234. The van der Waals surface area contributed by atoms with Gasteiger partial charge in [-0.3, -0.25) is 4.99 Å². The fourth-order valence-electron chi connectivity index (χ4n) is 0.514. The molecule has 0 atom stereocenters. The summed E-state index contributed by atoms with van der Waals surface area (Å²) in [4.78, 5) is 3.96. The molecule has 0 saturated heterocycles. The Morgan fingerprint density at radius 3 is 1.75 bits per heavy atom. The molecule has 0 unspecified atom stereocenters. The molecule has 0 amide bonds. The lowest BCUT2D eigenvalue weighted by molar-refractivity contribution is 0.305. The third-order valence-corrected chi connectivity index (χ3v) is 1.10. The van der Waals surface area contributed by atoms with Crippen molar-refractivity contribution < 1.29 is 4.74 Å². The lowest BCUT2D eigenvalue weighted by atomic mass is 10.4. The largest absolute Gasteiger partial charge is 0.496 e. The third kappa shape index (κ3) is 72.4. The van der Waals surface area contributed by atoms with E-state index in [1.165, 1.54) is 0 Å². The van der Waals surface area contributed by atoms with E-state index < -0.39 is 0 Å². The number of rotatable bonds is 7. The average Bonchev–Trinajstić information content (AvgIpc) is 2.47. The van der Waals surface area contributed by atoms with E-state index in [9.17, 15) is 0 Å². The first-order chi connectivity index (χ1) is 9.74. The minimum Gasteiger partial charge on any atom is -0.496 e. The van der Waals surface area contributed by atoms with Gasteiger partial charge in [0, 0.05) is 6.21 Å². The first kappa shape index (κ1) is 26.7. The van der Waals surface area contributed by atoms with Crippen molar-refractivity contribution in [1.82, 2.24) is 0 Å². The molecule has 2 heteroatoms. The molecular weight excluding hydrogens is 246 g/mol. The zero-order valence-corrected chi connectivity index (χ0v) is 13.8. The molecule has 2 nitrogen and oxygen atoms in total. The van der Waals surface area contributed by atoms with Crippen molar-refractivity contribution in [2.75, 3.05) is 13.2 Å². The van der Waals surface area contributed by atoms with Gasteiger partial charge >= 0.3 is 0 Å². The lowest BCUT2D eigenvalue weighted by Crippen LogP contribution is -1.88. The maximum atomic E-state index is 4.97. The SMILES string of the molecule is C=CC.C=CCC=C.C=CCN=CCO/C=C/C.CC. The van der Waals surface area contributed by atoms with Crippen LogP contribution in [0, 0.1) is 0 Å². The van der Waals surface area contributed by atoms with E-state index in [0.29, 0.717) is 13.2 Å². The molecule has 0 saturated carbocycles. The highest BCUT2D eigenvalue weighted by Gasteiger charge is 1.71. The predicted molar refractivity (Wildman–Crippen MR) is 96.6 cm³/mol. The summed E-state index contributed by atoms with van der Waals surface area (Å²) in [5, 5.41) is 0. The lowest BCUT2D eigenvalue weighted by Gasteiger charge is -1.90. The van der Waals surface area contributed by atoms with Gasteiger partial charge in [-0.1, -0.05) is 44.2 Å². The smallest absolute Gasteiger partial charge is 0.122 e. The summed E-state index contributed by atoms with van der Waals surface area (Å²) in [6.07, 6.45) is 13.2. The topological polar surface area (TPSA) is 21.6 Å². The van der Waals surface area contributed by atoms with Crippen LogP contribution in [0.2, 0.25) is 0 Å². The fourth-order valence-corrected chi connectivity index (χ4v) is 0.514. The molecule has 0 aromatic heterocycles. The number of aliphatic imine (C=N–C) groups is 1. The third-order valence-electron chi connectivity index (χ3n) is 1.10. The molecular formula is C18H33NO. The van der Waals surface area contributed by atoms with E-state index in [4.69, 9.17) is 4.74 Å². The monoisotopic (exact) mass is 279 g/mol. The van der Waals surface area contributed by atoms with Crippen LogP contribution in [0.3, 0.4) is 0 Å². The van der Waals surface area contributed by atoms with E-state index in [1.807, 2.05) is 45.9 Å². The zero-order valence-electron chi connectivity index (χ0n) is 13.8. The van der Waals surface area contributed by atoms with Crippen LogP contribution < -0.4 is 0 Å². The molecule has 0 spiro atoms. The Labute approximate surface area is 127 Å². The van der Waals surface area contributed by atoms with Crippen LogP contribution in [0.4, 0.5) is 0 Å². The molecule has 0 radical (unpaired) electrons. The van der Waals surface area contributed by atoms with E-state index in [-0.39, 0.29) is 0 Å². The maximum absolute atomic E-state index is 4.97. The second kappa shape index (κ2) is 43.4. The van der Waals surface area contributed by atoms with Crippen LogP contribution in [-0.2, 0) is 4.74 Å². The first-order valence-corrected chi connectivity index (χ1v) is 6.85. The van der Waals surface area contributed by atoms with Crippen molar-refractivity contribution in [3.05, 3.63) is 63.0 Å². The molecule has 0 aromatic carbocycles. The first-order valence-electron chi connectivity index (χ1n) is 6.85. The number of ether oxygens (including phenoxy) is 1. The van der Waals surface area contributed by atoms with Crippen molar-refractivity contribution in [3.63, 3.8) is 0 Å². The Hall–Kier alpha value is -1.83. The van der Waals surface area contributed by atoms with Gasteiger partial charge in [0.1, 0.15) is 6.61 Å². The Morgan fingerprint density at radius 1 is 0.950 bits per heavy atom. The van der Waals surface area contributed by atoms with Gasteiger partial charge in [-0.25, -0.2) is 0 Å². The van der Waals surface area contributed by atoms with Gasteiger partial charge in [0.25, 0.3) is 0 Å². The van der Waals surface area contributed by atoms with Crippen LogP contribution >= 0.6 is 0 Å². The van der Waals surface area contributed by atoms with Crippen molar-refractivity contribution >= 4 is 6.21 Å². The van der Waals surface area contributed by atoms with Gasteiger partial charge in [-0.2, -0.15) is 0 Å². The summed E-state index contributed by atoms with van der Waals surface area (Å²) in [7, 11) is 0. The van der Waals surface area contributed by atoms with Crippen molar-refractivity contribution in [2.24, 2.45) is 4.99 Å². The van der Waals surface area contributed by atoms with Gasteiger partial charge in [-0.15, -0.1) is 26.3 Å². The molecule has 116 valence electrons. The summed E-state index contributed by atoms with van der Waals surface area (Å²) in [6, 6.07) is 0. The molecule has 20 heavy (non-hydrogen) atoms. The Balaban J connectivity index is -0.000000107. The van der Waals surface area contributed by atoms with Crippen LogP contribution in [-0.4, -0.2) is 19.4 Å². The predicted octanol–water partition coefficient (Wildman–Crippen LogP) is 5.76. The van der Waals surface area contributed by atoms with E-state index in [0.717, 1.165) is 6.42 Å².